The predicted octanol–water partition coefficient (Wildman–Crippen LogP) is 3.26. The number of ether oxygens (including phenoxy) is 2. The maximum atomic E-state index is 12.4. The Morgan fingerprint density at radius 2 is 1.96 bits per heavy atom. The van der Waals surface area contributed by atoms with E-state index >= 15 is 0 Å². The fraction of sp³-hybridized carbons (Fsp3) is 0.632. The maximum Gasteiger partial charge on any atom is 0.341 e. The van der Waals surface area contributed by atoms with E-state index in [1.54, 1.807) is 19.2 Å². The summed E-state index contributed by atoms with van der Waals surface area (Å²) in [6.07, 6.45) is 6.34. The van der Waals surface area contributed by atoms with Crippen LogP contribution in [0.25, 0.3) is 0 Å². The SMILES string of the molecule is COc1ccccc1C(=O)OCC1CCC[N+]2(C)CCCCC12. The van der Waals surface area contributed by atoms with Gasteiger partial charge in [-0.3, -0.25) is 0 Å². The molecule has 3 atom stereocenters. The van der Waals surface area contributed by atoms with Crippen molar-refractivity contribution in [1.29, 1.82) is 0 Å². The van der Waals surface area contributed by atoms with Crippen LogP contribution in [0.15, 0.2) is 24.3 Å². The number of rotatable bonds is 4. The smallest absolute Gasteiger partial charge is 0.341 e. The van der Waals surface area contributed by atoms with E-state index in [2.05, 4.69) is 7.05 Å². The zero-order valence-corrected chi connectivity index (χ0v) is 14.3. The molecular weight excluding hydrogens is 290 g/mol. The number of fused-ring (bicyclic) bond motifs is 1. The molecular formula is C19H28NO3+. The Bertz CT molecular complexity index is 555. The lowest BCUT2D eigenvalue weighted by atomic mass is 9.82. The standard InChI is InChI=1S/C19H28NO3/c1-20-12-6-5-10-17(20)15(8-7-13-20)14-23-19(21)16-9-3-4-11-18(16)22-2/h3-4,9,11,15,17H,5-8,10,12-14H2,1-2H3/q+1. The van der Waals surface area contributed by atoms with E-state index in [-0.39, 0.29) is 5.97 Å². The number of esters is 1. The van der Waals surface area contributed by atoms with Gasteiger partial charge in [-0.15, -0.1) is 0 Å². The zero-order valence-electron chi connectivity index (χ0n) is 14.3. The molecule has 0 saturated carbocycles. The number of hydrogen-bond acceptors (Lipinski definition) is 3. The second-order valence-electron chi connectivity index (χ2n) is 7.19. The molecule has 2 heterocycles. The maximum absolute atomic E-state index is 12.4. The monoisotopic (exact) mass is 318 g/mol. The summed E-state index contributed by atoms with van der Waals surface area (Å²) in [6, 6.07) is 7.92. The molecule has 0 aliphatic carbocycles. The predicted molar refractivity (Wildman–Crippen MR) is 89.6 cm³/mol. The fourth-order valence-electron chi connectivity index (χ4n) is 4.50. The van der Waals surface area contributed by atoms with Gasteiger partial charge in [-0.1, -0.05) is 12.1 Å². The number of carbonyl (C=O) groups excluding carboxylic acids is 1. The first-order chi connectivity index (χ1) is 11.1. The van der Waals surface area contributed by atoms with Crippen molar-refractivity contribution >= 4 is 5.97 Å². The van der Waals surface area contributed by atoms with E-state index in [0.29, 0.717) is 29.9 Å². The third-order valence-electron chi connectivity index (χ3n) is 5.76. The Morgan fingerprint density at radius 1 is 1.17 bits per heavy atom. The molecule has 4 heteroatoms. The van der Waals surface area contributed by atoms with Crippen molar-refractivity contribution in [3.05, 3.63) is 29.8 Å². The molecule has 1 aromatic carbocycles. The number of carbonyl (C=O) groups is 1. The molecule has 3 unspecified atom stereocenters. The molecule has 23 heavy (non-hydrogen) atoms. The van der Waals surface area contributed by atoms with E-state index in [0.717, 1.165) is 0 Å². The van der Waals surface area contributed by atoms with E-state index in [9.17, 15) is 4.79 Å². The molecule has 2 aliphatic rings. The van der Waals surface area contributed by atoms with Crippen LogP contribution >= 0.6 is 0 Å². The number of quaternary nitrogens is 1. The summed E-state index contributed by atoms with van der Waals surface area (Å²) in [5.41, 5.74) is 0.520. The summed E-state index contributed by atoms with van der Waals surface area (Å²) in [5.74, 6) is 0.810. The number of hydrogen-bond donors (Lipinski definition) is 0. The highest BCUT2D eigenvalue weighted by Crippen LogP contribution is 2.36. The highest BCUT2D eigenvalue weighted by molar-refractivity contribution is 5.92. The third kappa shape index (κ3) is 3.37. The Morgan fingerprint density at radius 3 is 2.78 bits per heavy atom. The molecule has 0 spiro atoms. The van der Waals surface area contributed by atoms with Crippen LogP contribution in [0.5, 0.6) is 5.75 Å². The van der Waals surface area contributed by atoms with Gasteiger partial charge in [0.1, 0.15) is 17.9 Å². The number of benzene rings is 1. The van der Waals surface area contributed by atoms with Gasteiger partial charge >= 0.3 is 5.97 Å². The number of piperidine rings is 2. The largest absolute Gasteiger partial charge is 0.496 e. The van der Waals surface area contributed by atoms with Gasteiger partial charge in [0.25, 0.3) is 0 Å². The molecule has 2 aliphatic heterocycles. The van der Waals surface area contributed by atoms with E-state index in [4.69, 9.17) is 9.47 Å². The van der Waals surface area contributed by atoms with Crippen LogP contribution in [0, 0.1) is 5.92 Å². The second-order valence-corrected chi connectivity index (χ2v) is 7.19. The Kier molecular flexibility index (Phi) is 4.90. The zero-order chi connectivity index (χ0) is 16.3. The first-order valence-electron chi connectivity index (χ1n) is 8.78. The minimum atomic E-state index is -0.266. The van der Waals surface area contributed by atoms with Crippen molar-refractivity contribution in [2.45, 2.75) is 38.1 Å². The summed E-state index contributed by atoms with van der Waals surface area (Å²) in [5, 5.41) is 0. The molecule has 2 fully saturated rings. The molecule has 126 valence electrons. The lowest BCUT2D eigenvalue weighted by Crippen LogP contribution is -2.61. The van der Waals surface area contributed by atoms with Crippen molar-refractivity contribution in [2.75, 3.05) is 33.9 Å². The highest BCUT2D eigenvalue weighted by Gasteiger charge is 2.43. The van der Waals surface area contributed by atoms with Gasteiger partial charge in [-0.2, -0.15) is 0 Å². The lowest BCUT2D eigenvalue weighted by Gasteiger charge is -2.51. The lowest BCUT2D eigenvalue weighted by molar-refractivity contribution is -0.947. The first kappa shape index (κ1) is 16.3. The van der Waals surface area contributed by atoms with Crippen LogP contribution in [0.1, 0.15) is 42.5 Å². The van der Waals surface area contributed by atoms with Crippen LogP contribution < -0.4 is 4.74 Å². The van der Waals surface area contributed by atoms with Crippen molar-refractivity contribution in [3.63, 3.8) is 0 Å². The summed E-state index contributed by atoms with van der Waals surface area (Å²) >= 11 is 0. The van der Waals surface area contributed by atoms with E-state index in [1.807, 2.05) is 12.1 Å². The molecule has 0 amide bonds. The van der Waals surface area contributed by atoms with Gasteiger partial charge in [0.05, 0.1) is 33.3 Å². The summed E-state index contributed by atoms with van der Waals surface area (Å²) in [4.78, 5) is 12.4. The average molecular weight is 318 g/mol. The van der Waals surface area contributed by atoms with Gasteiger partial charge in [0.15, 0.2) is 0 Å². The molecule has 3 rings (SSSR count). The van der Waals surface area contributed by atoms with Crippen molar-refractivity contribution in [1.82, 2.24) is 0 Å². The average Bonchev–Trinajstić information content (AvgIpc) is 2.58. The van der Waals surface area contributed by atoms with Crippen LogP contribution in [0.4, 0.5) is 0 Å². The summed E-state index contributed by atoms with van der Waals surface area (Å²) in [7, 11) is 3.97. The van der Waals surface area contributed by atoms with Gasteiger partial charge in [0.2, 0.25) is 0 Å². The van der Waals surface area contributed by atoms with Gasteiger partial charge in [0, 0.05) is 12.3 Å². The Balaban J connectivity index is 1.64. The quantitative estimate of drug-likeness (QED) is 0.631. The molecule has 2 saturated heterocycles. The minimum Gasteiger partial charge on any atom is -0.496 e. The number of para-hydroxylation sites is 1. The normalized spacial score (nSPS) is 30.3. The van der Waals surface area contributed by atoms with Gasteiger partial charge < -0.3 is 14.0 Å². The van der Waals surface area contributed by atoms with Crippen LogP contribution in [-0.4, -0.2) is 50.3 Å². The number of nitrogens with zero attached hydrogens (tertiary/aromatic N) is 1. The molecule has 0 N–H and O–H groups in total. The third-order valence-corrected chi connectivity index (χ3v) is 5.76. The number of methoxy groups -OCH3 is 1. The van der Waals surface area contributed by atoms with Crippen molar-refractivity contribution in [3.8, 4) is 5.75 Å². The molecule has 1 aromatic rings. The molecule has 0 bridgehead atoms. The van der Waals surface area contributed by atoms with Gasteiger partial charge in [-0.05, 0) is 37.8 Å². The minimum absolute atomic E-state index is 0.266. The van der Waals surface area contributed by atoms with E-state index in [1.165, 1.54) is 49.7 Å². The second kappa shape index (κ2) is 6.91. The van der Waals surface area contributed by atoms with Crippen LogP contribution in [-0.2, 0) is 4.74 Å². The summed E-state index contributed by atoms with van der Waals surface area (Å²) < 4.78 is 12.1. The van der Waals surface area contributed by atoms with Crippen molar-refractivity contribution in [2.24, 2.45) is 5.92 Å². The highest BCUT2D eigenvalue weighted by atomic mass is 16.5. The Labute approximate surface area is 139 Å². The summed E-state index contributed by atoms with van der Waals surface area (Å²) in [6.45, 7) is 3.10. The Hall–Kier alpha value is -1.55. The van der Waals surface area contributed by atoms with Crippen LogP contribution in [0.3, 0.4) is 0 Å². The van der Waals surface area contributed by atoms with Crippen molar-refractivity contribution < 1.29 is 18.8 Å². The molecule has 0 radical (unpaired) electrons. The molecule has 4 nitrogen and oxygen atoms in total. The fourth-order valence-corrected chi connectivity index (χ4v) is 4.50. The first-order valence-corrected chi connectivity index (χ1v) is 8.78. The van der Waals surface area contributed by atoms with E-state index < -0.39 is 0 Å². The topological polar surface area (TPSA) is 35.5 Å². The van der Waals surface area contributed by atoms with Gasteiger partial charge in [-0.25, -0.2) is 4.79 Å². The molecule has 0 aromatic heterocycles. The van der Waals surface area contributed by atoms with Crippen LogP contribution in [0.2, 0.25) is 0 Å².